The molecule has 1 rings (SSSR count). The zero-order valence-electron chi connectivity index (χ0n) is 12.2. The Bertz CT molecular complexity index is 472. The molecule has 1 aromatic rings. The molecule has 0 radical (unpaired) electrons. The molecule has 3 N–H and O–H groups in total. The molecular formula is C13H19F3N4O2. The summed E-state index contributed by atoms with van der Waals surface area (Å²) in [6.07, 6.45) is -3.71. The molecule has 0 aromatic carbocycles. The number of nitrogens with zero attached hydrogens (tertiary/aromatic N) is 1. The molecule has 0 aliphatic heterocycles. The Hall–Kier alpha value is -2.19. The van der Waals surface area contributed by atoms with E-state index in [1.165, 1.54) is 6.26 Å². The summed E-state index contributed by atoms with van der Waals surface area (Å²) >= 11 is 0. The van der Waals surface area contributed by atoms with Crippen LogP contribution in [-0.2, 0) is 11.3 Å². The van der Waals surface area contributed by atoms with E-state index in [-0.39, 0.29) is 31.5 Å². The molecule has 6 nitrogen and oxygen atoms in total. The van der Waals surface area contributed by atoms with Crippen LogP contribution in [0.2, 0.25) is 0 Å². The fourth-order valence-corrected chi connectivity index (χ4v) is 1.47. The molecular weight excluding hydrogens is 301 g/mol. The molecule has 0 spiro atoms. The van der Waals surface area contributed by atoms with Gasteiger partial charge in [-0.3, -0.25) is 4.79 Å². The van der Waals surface area contributed by atoms with Crippen molar-refractivity contribution in [3.63, 3.8) is 0 Å². The Morgan fingerprint density at radius 3 is 2.68 bits per heavy atom. The van der Waals surface area contributed by atoms with Crippen LogP contribution in [0.4, 0.5) is 13.2 Å². The minimum absolute atomic E-state index is 0.167. The molecule has 9 heteroatoms. The summed E-state index contributed by atoms with van der Waals surface area (Å²) in [5.41, 5.74) is 0. The molecule has 0 aliphatic carbocycles. The highest BCUT2D eigenvalue weighted by Gasteiger charge is 2.26. The zero-order chi connectivity index (χ0) is 16.4. The van der Waals surface area contributed by atoms with Crippen molar-refractivity contribution in [2.75, 3.05) is 19.6 Å². The first-order chi connectivity index (χ1) is 10.4. The molecule has 0 fully saturated rings. The smallest absolute Gasteiger partial charge is 0.390 e. The lowest BCUT2D eigenvalue weighted by atomic mass is 10.4. The summed E-state index contributed by atoms with van der Waals surface area (Å²) in [5, 5.41) is 7.88. The topological polar surface area (TPSA) is 78.7 Å². The standard InChI is InChI=1S/C13H19F3N4O2/c1-2-17-12(18-6-5-13(14,15)16)20-9-11(21)19-8-10-4-3-7-22-10/h3-4,7H,2,5-6,8-9H2,1H3,(H,19,21)(H2,17,18,20). The van der Waals surface area contributed by atoms with Gasteiger partial charge in [0.15, 0.2) is 5.96 Å². The summed E-state index contributed by atoms with van der Waals surface area (Å²) in [7, 11) is 0. The van der Waals surface area contributed by atoms with E-state index in [4.69, 9.17) is 4.42 Å². The van der Waals surface area contributed by atoms with Crippen LogP contribution in [0.25, 0.3) is 0 Å². The largest absolute Gasteiger partial charge is 0.467 e. The summed E-state index contributed by atoms with van der Waals surface area (Å²) < 4.78 is 41.3. The number of aliphatic imine (C=N–C) groups is 1. The van der Waals surface area contributed by atoms with Gasteiger partial charge in [0.05, 0.1) is 19.2 Å². The van der Waals surface area contributed by atoms with Crippen LogP contribution in [0.5, 0.6) is 0 Å². The number of carbonyl (C=O) groups excluding carboxylic acids is 1. The van der Waals surface area contributed by atoms with Crippen molar-refractivity contribution in [2.45, 2.75) is 26.1 Å². The fraction of sp³-hybridized carbons (Fsp3) is 0.538. The van der Waals surface area contributed by atoms with Gasteiger partial charge in [0.2, 0.25) is 5.91 Å². The highest BCUT2D eigenvalue weighted by Crippen LogP contribution is 2.17. The Morgan fingerprint density at radius 2 is 2.09 bits per heavy atom. The lowest BCUT2D eigenvalue weighted by Gasteiger charge is -2.12. The Balaban J connectivity index is 2.35. The minimum atomic E-state index is -4.23. The number of hydrogen-bond donors (Lipinski definition) is 3. The van der Waals surface area contributed by atoms with Gasteiger partial charge in [-0.1, -0.05) is 0 Å². The Labute approximate surface area is 126 Å². The van der Waals surface area contributed by atoms with Crippen LogP contribution in [0.3, 0.4) is 0 Å². The fourth-order valence-electron chi connectivity index (χ4n) is 1.47. The van der Waals surface area contributed by atoms with Crippen LogP contribution in [0, 0.1) is 0 Å². The van der Waals surface area contributed by atoms with Gasteiger partial charge in [0.1, 0.15) is 12.3 Å². The first kappa shape index (κ1) is 17.9. The maximum Gasteiger partial charge on any atom is 0.390 e. The number of halogens is 3. The Kier molecular flexibility index (Phi) is 7.27. The predicted octanol–water partition coefficient (Wildman–Crippen LogP) is 1.40. The number of rotatable bonds is 7. The van der Waals surface area contributed by atoms with Gasteiger partial charge in [0, 0.05) is 13.1 Å². The van der Waals surface area contributed by atoms with Crippen molar-refractivity contribution in [1.29, 1.82) is 0 Å². The lowest BCUT2D eigenvalue weighted by molar-refractivity contribution is -0.132. The quantitative estimate of drug-likeness (QED) is 0.524. The van der Waals surface area contributed by atoms with E-state index < -0.39 is 12.6 Å². The van der Waals surface area contributed by atoms with Crippen LogP contribution in [0.1, 0.15) is 19.1 Å². The number of carbonyl (C=O) groups is 1. The molecule has 0 saturated heterocycles. The van der Waals surface area contributed by atoms with Crippen LogP contribution < -0.4 is 16.0 Å². The van der Waals surface area contributed by atoms with E-state index in [0.29, 0.717) is 12.3 Å². The molecule has 0 saturated carbocycles. The van der Waals surface area contributed by atoms with Gasteiger partial charge in [-0.15, -0.1) is 0 Å². The summed E-state index contributed by atoms with van der Waals surface area (Å²) in [5.74, 6) is 0.414. The number of hydrogen-bond acceptors (Lipinski definition) is 3. The molecule has 1 heterocycles. The second kappa shape index (κ2) is 8.96. The summed E-state index contributed by atoms with van der Waals surface area (Å²) in [6.45, 7) is 1.99. The third-order valence-corrected chi connectivity index (χ3v) is 2.47. The van der Waals surface area contributed by atoms with Gasteiger partial charge in [0.25, 0.3) is 0 Å². The van der Waals surface area contributed by atoms with Gasteiger partial charge < -0.3 is 20.4 Å². The number of amides is 1. The average Bonchev–Trinajstić information content (AvgIpc) is 2.94. The van der Waals surface area contributed by atoms with Crippen molar-refractivity contribution >= 4 is 11.9 Å². The number of furan rings is 1. The van der Waals surface area contributed by atoms with Gasteiger partial charge in [-0.25, -0.2) is 4.99 Å². The van der Waals surface area contributed by atoms with Crippen LogP contribution in [-0.4, -0.2) is 37.7 Å². The van der Waals surface area contributed by atoms with Crippen molar-refractivity contribution < 1.29 is 22.4 Å². The molecule has 1 amide bonds. The number of alkyl halides is 3. The molecule has 22 heavy (non-hydrogen) atoms. The molecule has 0 atom stereocenters. The van der Waals surface area contributed by atoms with Gasteiger partial charge in [-0.2, -0.15) is 13.2 Å². The van der Waals surface area contributed by atoms with Gasteiger partial charge >= 0.3 is 6.18 Å². The lowest BCUT2D eigenvalue weighted by Crippen LogP contribution is -2.39. The van der Waals surface area contributed by atoms with Crippen molar-refractivity contribution in [3.05, 3.63) is 24.2 Å². The highest BCUT2D eigenvalue weighted by atomic mass is 19.4. The number of nitrogens with one attached hydrogen (secondary N) is 3. The average molecular weight is 320 g/mol. The zero-order valence-corrected chi connectivity index (χ0v) is 12.2. The van der Waals surface area contributed by atoms with Gasteiger partial charge in [-0.05, 0) is 19.1 Å². The van der Waals surface area contributed by atoms with E-state index in [2.05, 4.69) is 20.9 Å². The maximum absolute atomic E-state index is 12.1. The number of guanidine groups is 1. The molecule has 0 unspecified atom stereocenters. The van der Waals surface area contributed by atoms with E-state index >= 15 is 0 Å². The van der Waals surface area contributed by atoms with Crippen molar-refractivity contribution in [2.24, 2.45) is 4.99 Å². The molecule has 0 aliphatic rings. The van der Waals surface area contributed by atoms with E-state index in [0.717, 1.165) is 0 Å². The highest BCUT2D eigenvalue weighted by molar-refractivity contribution is 5.84. The van der Waals surface area contributed by atoms with Crippen LogP contribution in [0.15, 0.2) is 27.8 Å². The second-order valence-corrected chi connectivity index (χ2v) is 4.34. The first-order valence-corrected chi connectivity index (χ1v) is 6.78. The molecule has 1 aromatic heterocycles. The first-order valence-electron chi connectivity index (χ1n) is 6.78. The van der Waals surface area contributed by atoms with E-state index in [1.54, 1.807) is 19.1 Å². The van der Waals surface area contributed by atoms with Crippen molar-refractivity contribution in [3.8, 4) is 0 Å². The molecule has 0 bridgehead atoms. The monoisotopic (exact) mass is 320 g/mol. The summed E-state index contributed by atoms with van der Waals surface area (Å²) in [4.78, 5) is 15.5. The van der Waals surface area contributed by atoms with Crippen LogP contribution >= 0.6 is 0 Å². The minimum Gasteiger partial charge on any atom is -0.467 e. The van der Waals surface area contributed by atoms with E-state index in [9.17, 15) is 18.0 Å². The maximum atomic E-state index is 12.1. The Morgan fingerprint density at radius 1 is 1.32 bits per heavy atom. The second-order valence-electron chi connectivity index (χ2n) is 4.34. The van der Waals surface area contributed by atoms with E-state index in [1.807, 2.05) is 0 Å². The predicted molar refractivity (Wildman–Crippen MR) is 75.2 cm³/mol. The SMILES string of the molecule is CCNC(=NCC(=O)NCc1ccco1)NCCC(F)(F)F. The third kappa shape index (κ3) is 8.18. The third-order valence-electron chi connectivity index (χ3n) is 2.47. The summed E-state index contributed by atoms with van der Waals surface area (Å²) in [6, 6.07) is 3.42. The normalized spacial score (nSPS) is 12.1. The van der Waals surface area contributed by atoms with Crippen molar-refractivity contribution in [1.82, 2.24) is 16.0 Å². The molecule has 124 valence electrons.